The van der Waals surface area contributed by atoms with Gasteiger partial charge in [-0.2, -0.15) is 0 Å². The molecule has 1 saturated heterocycles. The van der Waals surface area contributed by atoms with E-state index in [-0.39, 0.29) is 0 Å². The van der Waals surface area contributed by atoms with Gasteiger partial charge in [0.25, 0.3) is 0 Å². The van der Waals surface area contributed by atoms with Crippen LogP contribution in [0.15, 0.2) is 0 Å². The zero-order chi connectivity index (χ0) is 10.6. The number of hydrogen-bond acceptors (Lipinski definition) is 2. The minimum atomic E-state index is 0.329. The van der Waals surface area contributed by atoms with Crippen LogP contribution in [0.25, 0.3) is 0 Å². The number of nitrogens with zero attached hydrogens (tertiary/aromatic N) is 2. The van der Waals surface area contributed by atoms with Crippen molar-refractivity contribution in [2.75, 3.05) is 26.3 Å². The van der Waals surface area contributed by atoms with Gasteiger partial charge < -0.3 is 4.90 Å². The number of carbonyl (C=O) groups excluding carboxylic acids is 1. The lowest BCUT2D eigenvalue weighted by Gasteiger charge is -2.34. The van der Waals surface area contributed by atoms with Crippen LogP contribution in [0.1, 0.15) is 33.6 Å². The molecule has 1 fully saturated rings. The molecule has 1 aliphatic rings. The molecule has 0 saturated carbocycles. The number of hydrogen-bond donors (Lipinski definition) is 0. The smallest absolute Gasteiger partial charge is 0.223 e. The summed E-state index contributed by atoms with van der Waals surface area (Å²) in [5.41, 5.74) is 0. The topological polar surface area (TPSA) is 23.6 Å². The molecule has 3 nitrogen and oxygen atoms in total. The van der Waals surface area contributed by atoms with Gasteiger partial charge in [-0.25, -0.2) is 0 Å². The average Bonchev–Trinajstić information content (AvgIpc) is 2.19. The number of piperidine rings is 1. The fourth-order valence-corrected chi connectivity index (χ4v) is 1.90. The van der Waals surface area contributed by atoms with Crippen molar-refractivity contribution in [1.29, 1.82) is 0 Å². The molecule has 82 valence electrons. The molecule has 0 unspecified atom stereocenters. The van der Waals surface area contributed by atoms with E-state index >= 15 is 0 Å². The zero-order valence-electron chi connectivity index (χ0n) is 9.62. The third-order valence-electron chi connectivity index (χ3n) is 3.00. The monoisotopic (exact) mass is 198 g/mol. The van der Waals surface area contributed by atoms with Crippen LogP contribution in [0.3, 0.4) is 0 Å². The van der Waals surface area contributed by atoms with Gasteiger partial charge in [-0.1, -0.05) is 20.8 Å². The fraction of sp³-hybridized carbons (Fsp3) is 0.909. The molecular weight excluding hydrogens is 176 g/mol. The number of carbonyl (C=O) groups is 1. The Hall–Kier alpha value is -0.570. The third-order valence-corrected chi connectivity index (χ3v) is 3.00. The van der Waals surface area contributed by atoms with Crippen molar-refractivity contribution in [2.24, 2.45) is 5.92 Å². The SMILES string of the molecule is CCN(CC)CN1C[C@@H](C)CCC1=O. The van der Waals surface area contributed by atoms with Crippen LogP contribution in [-0.4, -0.2) is 42.0 Å². The standard InChI is InChI=1S/C11H22N2O/c1-4-12(5-2)9-13-8-10(3)6-7-11(13)14/h10H,4-9H2,1-3H3/t10-/m0/s1. The van der Waals surface area contributed by atoms with Crippen LogP contribution in [0.2, 0.25) is 0 Å². The van der Waals surface area contributed by atoms with E-state index in [4.69, 9.17) is 0 Å². The lowest BCUT2D eigenvalue weighted by atomic mass is 10.0. The molecule has 14 heavy (non-hydrogen) atoms. The number of likely N-dealkylation sites (tertiary alicyclic amines) is 1. The summed E-state index contributed by atoms with van der Waals surface area (Å²) in [7, 11) is 0. The maximum absolute atomic E-state index is 11.6. The first-order valence-corrected chi connectivity index (χ1v) is 5.67. The quantitative estimate of drug-likeness (QED) is 0.684. The Morgan fingerprint density at radius 3 is 2.64 bits per heavy atom. The minimum Gasteiger partial charge on any atom is -0.329 e. The van der Waals surface area contributed by atoms with Crippen molar-refractivity contribution >= 4 is 5.91 Å². The van der Waals surface area contributed by atoms with Crippen molar-refractivity contribution in [3.8, 4) is 0 Å². The molecular formula is C11H22N2O. The molecule has 1 atom stereocenters. The predicted molar refractivity (Wildman–Crippen MR) is 57.9 cm³/mol. The van der Waals surface area contributed by atoms with E-state index in [0.717, 1.165) is 39.1 Å². The van der Waals surface area contributed by atoms with Crippen molar-refractivity contribution in [3.05, 3.63) is 0 Å². The van der Waals surface area contributed by atoms with Gasteiger partial charge in [0.1, 0.15) is 0 Å². The summed E-state index contributed by atoms with van der Waals surface area (Å²) < 4.78 is 0. The second-order valence-corrected chi connectivity index (χ2v) is 4.20. The van der Waals surface area contributed by atoms with Crippen LogP contribution < -0.4 is 0 Å². The van der Waals surface area contributed by atoms with Gasteiger partial charge in [0.15, 0.2) is 0 Å². The highest BCUT2D eigenvalue weighted by molar-refractivity contribution is 5.76. The van der Waals surface area contributed by atoms with E-state index in [1.807, 2.05) is 4.90 Å². The molecule has 0 N–H and O–H groups in total. The number of rotatable bonds is 4. The van der Waals surface area contributed by atoms with Gasteiger partial charge in [-0.05, 0) is 25.4 Å². The first-order chi connectivity index (χ1) is 6.67. The predicted octanol–water partition coefficient (Wildman–Crippen LogP) is 1.54. The summed E-state index contributed by atoms with van der Waals surface area (Å²) in [5, 5.41) is 0. The van der Waals surface area contributed by atoms with Gasteiger partial charge >= 0.3 is 0 Å². The normalized spacial score (nSPS) is 23.3. The molecule has 0 radical (unpaired) electrons. The molecule has 3 heteroatoms. The van der Waals surface area contributed by atoms with E-state index in [0.29, 0.717) is 11.8 Å². The highest BCUT2D eigenvalue weighted by atomic mass is 16.2. The molecule has 0 bridgehead atoms. The van der Waals surface area contributed by atoms with Gasteiger partial charge in [0.2, 0.25) is 5.91 Å². The lowest BCUT2D eigenvalue weighted by molar-refractivity contribution is -0.137. The van der Waals surface area contributed by atoms with Crippen LogP contribution in [0, 0.1) is 5.92 Å². The summed E-state index contributed by atoms with van der Waals surface area (Å²) in [6.07, 6.45) is 1.80. The van der Waals surface area contributed by atoms with Crippen LogP contribution in [0.5, 0.6) is 0 Å². The van der Waals surface area contributed by atoms with Crippen molar-refractivity contribution in [2.45, 2.75) is 33.6 Å². The average molecular weight is 198 g/mol. The molecule has 0 aromatic rings. The van der Waals surface area contributed by atoms with E-state index in [1.54, 1.807) is 0 Å². The molecule has 1 amide bonds. The zero-order valence-corrected chi connectivity index (χ0v) is 9.62. The van der Waals surface area contributed by atoms with Crippen molar-refractivity contribution in [3.63, 3.8) is 0 Å². The Kier molecular flexibility index (Phi) is 4.39. The molecule has 1 heterocycles. The third kappa shape index (κ3) is 2.98. The van der Waals surface area contributed by atoms with Gasteiger partial charge in [0.05, 0.1) is 6.67 Å². The summed E-state index contributed by atoms with van der Waals surface area (Å²) in [6, 6.07) is 0. The summed E-state index contributed by atoms with van der Waals surface area (Å²) in [5.74, 6) is 0.998. The van der Waals surface area contributed by atoms with Crippen LogP contribution in [0.4, 0.5) is 0 Å². The summed E-state index contributed by atoms with van der Waals surface area (Å²) >= 11 is 0. The summed E-state index contributed by atoms with van der Waals surface area (Å²) in [6.45, 7) is 10.3. The first-order valence-electron chi connectivity index (χ1n) is 5.67. The van der Waals surface area contributed by atoms with Crippen LogP contribution >= 0.6 is 0 Å². The van der Waals surface area contributed by atoms with Crippen LogP contribution in [-0.2, 0) is 4.79 Å². The second-order valence-electron chi connectivity index (χ2n) is 4.20. The number of amides is 1. The van der Waals surface area contributed by atoms with E-state index in [1.165, 1.54) is 0 Å². The van der Waals surface area contributed by atoms with Gasteiger partial charge in [-0.3, -0.25) is 9.69 Å². The second kappa shape index (κ2) is 5.35. The lowest BCUT2D eigenvalue weighted by Crippen LogP contribution is -2.45. The maximum atomic E-state index is 11.6. The van der Waals surface area contributed by atoms with Crippen molar-refractivity contribution in [1.82, 2.24) is 9.80 Å². The van der Waals surface area contributed by atoms with E-state index in [2.05, 4.69) is 25.7 Å². The highest BCUT2D eigenvalue weighted by Gasteiger charge is 2.23. The Labute approximate surface area is 87.1 Å². The maximum Gasteiger partial charge on any atom is 0.223 e. The minimum absolute atomic E-state index is 0.329. The Morgan fingerprint density at radius 1 is 1.43 bits per heavy atom. The van der Waals surface area contributed by atoms with E-state index < -0.39 is 0 Å². The Morgan fingerprint density at radius 2 is 2.07 bits per heavy atom. The molecule has 0 aliphatic carbocycles. The fourth-order valence-electron chi connectivity index (χ4n) is 1.90. The molecule has 0 spiro atoms. The summed E-state index contributed by atoms with van der Waals surface area (Å²) in [4.78, 5) is 15.9. The Bertz CT molecular complexity index is 190. The Balaban J connectivity index is 2.44. The van der Waals surface area contributed by atoms with Crippen molar-refractivity contribution < 1.29 is 4.79 Å². The van der Waals surface area contributed by atoms with Gasteiger partial charge in [0, 0.05) is 13.0 Å². The molecule has 1 rings (SSSR count). The molecule has 0 aromatic carbocycles. The largest absolute Gasteiger partial charge is 0.329 e. The van der Waals surface area contributed by atoms with E-state index in [9.17, 15) is 4.79 Å². The molecule has 1 aliphatic heterocycles. The highest BCUT2D eigenvalue weighted by Crippen LogP contribution is 2.16. The van der Waals surface area contributed by atoms with Gasteiger partial charge in [-0.15, -0.1) is 0 Å². The molecule has 0 aromatic heterocycles. The first kappa shape index (κ1) is 11.5.